The molecule has 0 aromatic carbocycles. The summed E-state index contributed by atoms with van der Waals surface area (Å²) in [6.45, 7) is 4.80. The van der Waals surface area contributed by atoms with Crippen molar-refractivity contribution in [2.45, 2.75) is 77.7 Å². The number of carbonyl (C=O) groups is 1. The van der Waals surface area contributed by atoms with Gasteiger partial charge in [0.15, 0.2) is 0 Å². The first-order valence-corrected chi connectivity index (χ1v) is 10.5. The van der Waals surface area contributed by atoms with Crippen LogP contribution in [0.2, 0.25) is 0 Å². The molecule has 0 heterocycles. The van der Waals surface area contributed by atoms with Crippen LogP contribution in [-0.4, -0.2) is 28.4 Å². The van der Waals surface area contributed by atoms with E-state index in [0.717, 1.165) is 44.9 Å². The lowest BCUT2D eigenvalue weighted by Crippen LogP contribution is -2.51. The van der Waals surface area contributed by atoms with E-state index < -0.39 is 0 Å². The van der Waals surface area contributed by atoms with Crippen molar-refractivity contribution in [3.05, 3.63) is 11.6 Å². The predicted molar refractivity (Wildman–Crippen MR) is 101 cm³/mol. The number of fused-ring (bicyclic) bond motifs is 5. The molecular weight excluding hydrogens is 326 g/mol. The molecule has 0 aliphatic heterocycles. The Labute approximate surface area is 156 Å². The molecule has 4 nitrogen and oxygen atoms in total. The zero-order valence-corrected chi connectivity index (χ0v) is 16.2. The van der Waals surface area contributed by atoms with Gasteiger partial charge in [-0.3, -0.25) is 4.79 Å². The van der Waals surface area contributed by atoms with Crippen LogP contribution in [0, 0.1) is 34.5 Å². The highest BCUT2D eigenvalue weighted by atomic mass is 16.4. The van der Waals surface area contributed by atoms with E-state index in [2.05, 4.69) is 25.1 Å². The maximum Gasteiger partial charge on any atom is 0.141 e. The van der Waals surface area contributed by atoms with Crippen molar-refractivity contribution in [1.29, 1.82) is 0 Å². The van der Waals surface area contributed by atoms with Crippen LogP contribution in [-0.2, 0) is 4.79 Å². The minimum atomic E-state index is -0.151. The summed E-state index contributed by atoms with van der Waals surface area (Å²) in [4.78, 5) is 12.7. The Balaban J connectivity index is 1.59. The number of carbonyl (C=O) groups excluding carboxylic acids is 1. The average molecular weight is 360 g/mol. The summed E-state index contributed by atoms with van der Waals surface area (Å²) < 4.78 is 0. The van der Waals surface area contributed by atoms with E-state index in [1.165, 1.54) is 18.2 Å². The van der Waals surface area contributed by atoms with Crippen LogP contribution in [0.1, 0.15) is 71.6 Å². The Morgan fingerprint density at radius 3 is 2.81 bits per heavy atom. The monoisotopic (exact) mass is 359 g/mol. The molecule has 0 spiro atoms. The van der Waals surface area contributed by atoms with Crippen LogP contribution in [0.25, 0.3) is 0 Å². The maximum absolute atomic E-state index is 12.7. The van der Waals surface area contributed by atoms with Gasteiger partial charge in [-0.15, -0.1) is 5.16 Å². The number of hydrogen-bond acceptors (Lipinski definition) is 4. The third-order valence-electron chi connectivity index (χ3n) is 8.84. The van der Waals surface area contributed by atoms with Crippen LogP contribution in [0.3, 0.4) is 0 Å². The molecule has 0 amide bonds. The van der Waals surface area contributed by atoms with Gasteiger partial charge in [-0.25, -0.2) is 0 Å². The van der Waals surface area contributed by atoms with Crippen molar-refractivity contribution in [2.75, 3.05) is 0 Å². The molecule has 26 heavy (non-hydrogen) atoms. The smallest absolute Gasteiger partial charge is 0.141 e. The van der Waals surface area contributed by atoms with Gasteiger partial charge in [0.2, 0.25) is 0 Å². The van der Waals surface area contributed by atoms with E-state index in [0.29, 0.717) is 17.8 Å². The van der Waals surface area contributed by atoms with E-state index in [1.807, 2.05) is 0 Å². The maximum atomic E-state index is 12.7. The highest BCUT2D eigenvalue weighted by Crippen LogP contribution is 2.66. The van der Waals surface area contributed by atoms with Gasteiger partial charge in [0, 0.05) is 12.3 Å². The molecule has 0 saturated heterocycles. The minimum Gasteiger partial charge on any atom is -0.411 e. The van der Waals surface area contributed by atoms with Crippen molar-refractivity contribution < 1.29 is 15.1 Å². The van der Waals surface area contributed by atoms with Gasteiger partial charge >= 0.3 is 0 Å². The predicted octanol–water partition coefficient (Wildman–Crippen LogP) is 4.35. The van der Waals surface area contributed by atoms with Gasteiger partial charge in [0.05, 0.1) is 12.3 Å². The molecule has 4 aliphatic rings. The summed E-state index contributed by atoms with van der Waals surface area (Å²) in [5, 5.41) is 21.8. The third-order valence-corrected chi connectivity index (χ3v) is 8.84. The Bertz CT molecular complexity index is 641. The number of ketones is 1. The second kappa shape index (κ2) is 6.47. The number of rotatable bonds is 3. The van der Waals surface area contributed by atoms with Crippen molar-refractivity contribution in [3.63, 3.8) is 0 Å². The second-order valence-corrected chi connectivity index (χ2v) is 9.80. The molecule has 0 aromatic rings. The largest absolute Gasteiger partial charge is 0.411 e. The SMILES string of the molecule is C[C@]12CC[C@H]3[C@@H](CC=C4C[C@@H](O)CC[C@@]43C)[C@@H]1CC[C@@H]2C(=O)C/C=N\O. The molecule has 2 N–H and O–H groups in total. The van der Waals surface area contributed by atoms with E-state index >= 15 is 0 Å². The summed E-state index contributed by atoms with van der Waals surface area (Å²) >= 11 is 0. The molecule has 4 aliphatic carbocycles. The standard InChI is InChI=1S/C22H33NO3/c1-21-10-7-15(24)13-14(21)3-4-16-17-5-6-19(20(25)9-12-23-26)22(17,2)11-8-18(16)21/h3,12,15-19,24,26H,4-11,13H2,1-2H3/b23-12-/t15-,16-,17-,18-,19+,21-,22-/m0/s1. The molecule has 0 aromatic heterocycles. The van der Waals surface area contributed by atoms with Crippen LogP contribution in [0.5, 0.6) is 0 Å². The topological polar surface area (TPSA) is 69.9 Å². The first-order chi connectivity index (χ1) is 12.4. The summed E-state index contributed by atoms with van der Waals surface area (Å²) in [6.07, 6.45) is 12.4. The lowest BCUT2D eigenvalue weighted by atomic mass is 9.47. The molecule has 7 atom stereocenters. The molecule has 0 radical (unpaired) electrons. The molecule has 3 fully saturated rings. The van der Waals surface area contributed by atoms with Crippen LogP contribution in [0.15, 0.2) is 16.8 Å². The van der Waals surface area contributed by atoms with Gasteiger partial charge in [-0.2, -0.15) is 0 Å². The Kier molecular flexibility index (Phi) is 4.53. The fourth-order valence-electron chi connectivity index (χ4n) is 7.44. The molecule has 144 valence electrons. The normalized spacial score (nSPS) is 47.8. The quantitative estimate of drug-likeness (QED) is 0.341. The van der Waals surface area contributed by atoms with E-state index in [4.69, 9.17) is 5.21 Å². The van der Waals surface area contributed by atoms with Crippen molar-refractivity contribution >= 4 is 12.0 Å². The summed E-state index contributed by atoms with van der Waals surface area (Å²) in [7, 11) is 0. The molecule has 3 saturated carbocycles. The number of allylic oxidation sites excluding steroid dienone is 1. The number of oxime groups is 1. The van der Waals surface area contributed by atoms with E-state index in [9.17, 15) is 9.90 Å². The molecule has 0 bridgehead atoms. The second-order valence-electron chi connectivity index (χ2n) is 9.80. The fraction of sp³-hybridized carbons (Fsp3) is 0.818. The fourth-order valence-corrected chi connectivity index (χ4v) is 7.44. The number of Topliss-reactive ketones (excluding diaryl/α,β-unsaturated/α-hetero) is 1. The molecule has 0 unspecified atom stereocenters. The summed E-state index contributed by atoms with van der Waals surface area (Å²) in [6, 6.07) is 0. The molecule has 4 rings (SSSR count). The Hall–Kier alpha value is -1.16. The van der Waals surface area contributed by atoms with Crippen LogP contribution >= 0.6 is 0 Å². The number of hydrogen-bond donors (Lipinski definition) is 2. The minimum absolute atomic E-state index is 0.109. The van der Waals surface area contributed by atoms with Crippen LogP contribution < -0.4 is 0 Å². The van der Waals surface area contributed by atoms with E-state index in [-0.39, 0.29) is 35.1 Å². The zero-order valence-electron chi connectivity index (χ0n) is 16.2. The van der Waals surface area contributed by atoms with Gasteiger partial charge in [-0.1, -0.05) is 25.5 Å². The summed E-state index contributed by atoms with van der Waals surface area (Å²) in [5.74, 6) is 2.40. The van der Waals surface area contributed by atoms with Crippen molar-refractivity contribution in [1.82, 2.24) is 0 Å². The van der Waals surface area contributed by atoms with Gasteiger partial charge < -0.3 is 10.3 Å². The average Bonchev–Trinajstić information content (AvgIpc) is 2.97. The highest BCUT2D eigenvalue weighted by Gasteiger charge is 2.59. The van der Waals surface area contributed by atoms with Gasteiger partial charge in [0.1, 0.15) is 5.78 Å². The molecule has 4 heteroatoms. The number of aliphatic hydroxyl groups is 1. The number of nitrogens with zero attached hydrogens (tertiary/aromatic N) is 1. The third kappa shape index (κ3) is 2.59. The Morgan fingerprint density at radius 2 is 2.04 bits per heavy atom. The van der Waals surface area contributed by atoms with E-state index in [1.54, 1.807) is 0 Å². The zero-order chi connectivity index (χ0) is 18.5. The highest BCUT2D eigenvalue weighted by molar-refractivity contribution is 5.93. The van der Waals surface area contributed by atoms with Crippen molar-refractivity contribution in [2.24, 2.45) is 39.7 Å². The first kappa shape index (κ1) is 18.2. The van der Waals surface area contributed by atoms with Gasteiger partial charge in [0.25, 0.3) is 0 Å². The van der Waals surface area contributed by atoms with Crippen LogP contribution in [0.4, 0.5) is 0 Å². The lowest BCUT2D eigenvalue weighted by molar-refractivity contribution is -0.128. The Morgan fingerprint density at radius 1 is 1.23 bits per heavy atom. The van der Waals surface area contributed by atoms with Crippen molar-refractivity contribution in [3.8, 4) is 0 Å². The van der Waals surface area contributed by atoms with Gasteiger partial charge in [-0.05, 0) is 80.0 Å². The molecular formula is C22H33NO3. The first-order valence-electron chi connectivity index (χ1n) is 10.5. The summed E-state index contributed by atoms with van der Waals surface area (Å²) in [5.41, 5.74) is 1.87. The number of aliphatic hydroxyl groups excluding tert-OH is 1. The lowest BCUT2D eigenvalue weighted by Gasteiger charge is -2.57.